The SMILES string of the molecule is CCCC1CCN(C(c2ccccn2)C(C)N)C1. The first-order chi connectivity index (χ1) is 8.72. The number of pyridine rings is 1. The van der Waals surface area contributed by atoms with Crippen molar-refractivity contribution in [1.29, 1.82) is 0 Å². The van der Waals surface area contributed by atoms with Crippen LogP contribution in [-0.2, 0) is 0 Å². The molecule has 0 spiro atoms. The number of hydrogen-bond donors (Lipinski definition) is 1. The molecule has 3 atom stereocenters. The van der Waals surface area contributed by atoms with Crippen molar-refractivity contribution in [1.82, 2.24) is 9.88 Å². The monoisotopic (exact) mass is 247 g/mol. The highest BCUT2D eigenvalue weighted by Gasteiger charge is 2.31. The van der Waals surface area contributed by atoms with Gasteiger partial charge in [-0.25, -0.2) is 0 Å². The topological polar surface area (TPSA) is 42.2 Å². The first kappa shape index (κ1) is 13.5. The van der Waals surface area contributed by atoms with E-state index in [9.17, 15) is 0 Å². The molecule has 0 aliphatic carbocycles. The van der Waals surface area contributed by atoms with Crippen molar-refractivity contribution in [3.05, 3.63) is 30.1 Å². The van der Waals surface area contributed by atoms with E-state index in [1.165, 1.54) is 25.8 Å². The van der Waals surface area contributed by atoms with Crippen LogP contribution in [0, 0.1) is 5.92 Å². The van der Waals surface area contributed by atoms with Crippen LogP contribution in [0.1, 0.15) is 44.8 Å². The van der Waals surface area contributed by atoms with Gasteiger partial charge < -0.3 is 5.73 Å². The van der Waals surface area contributed by atoms with Gasteiger partial charge in [0.1, 0.15) is 0 Å². The van der Waals surface area contributed by atoms with Crippen LogP contribution in [0.2, 0.25) is 0 Å². The maximum Gasteiger partial charge on any atom is 0.0671 e. The molecule has 0 aromatic carbocycles. The number of nitrogens with zero attached hydrogens (tertiary/aromatic N) is 2. The third kappa shape index (κ3) is 3.09. The second-order valence-corrected chi connectivity index (χ2v) is 5.50. The summed E-state index contributed by atoms with van der Waals surface area (Å²) in [5.41, 5.74) is 7.30. The van der Waals surface area contributed by atoms with Gasteiger partial charge in [0.15, 0.2) is 0 Å². The number of hydrogen-bond acceptors (Lipinski definition) is 3. The highest BCUT2D eigenvalue weighted by atomic mass is 15.2. The van der Waals surface area contributed by atoms with Gasteiger partial charge in [0.05, 0.1) is 11.7 Å². The smallest absolute Gasteiger partial charge is 0.0671 e. The van der Waals surface area contributed by atoms with Gasteiger partial charge in [-0.3, -0.25) is 9.88 Å². The molecule has 100 valence electrons. The zero-order valence-electron chi connectivity index (χ0n) is 11.5. The van der Waals surface area contributed by atoms with E-state index in [1.807, 2.05) is 12.3 Å². The summed E-state index contributed by atoms with van der Waals surface area (Å²) in [4.78, 5) is 7.02. The van der Waals surface area contributed by atoms with Gasteiger partial charge >= 0.3 is 0 Å². The Morgan fingerprint density at radius 2 is 2.33 bits per heavy atom. The van der Waals surface area contributed by atoms with Gasteiger partial charge in [-0.05, 0) is 44.4 Å². The Morgan fingerprint density at radius 3 is 2.94 bits per heavy atom. The fourth-order valence-electron chi connectivity index (χ4n) is 3.10. The summed E-state index contributed by atoms with van der Waals surface area (Å²) in [6.07, 6.45) is 5.80. The van der Waals surface area contributed by atoms with E-state index in [2.05, 4.69) is 35.9 Å². The average molecular weight is 247 g/mol. The van der Waals surface area contributed by atoms with Crippen molar-refractivity contribution >= 4 is 0 Å². The summed E-state index contributed by atoms with van der Waals surface area (Å²) in [7, 11) is 0. The Kier molecular flexibility index (Phi) is 4.72. The largest absolute Gasteiger partial charge is 0.326 e. The molecule has 2 N–H and O–H groups in total. The van der Waals surface area contributed by atoms with Crippen LogP contribution < -0.4 is 5.73 Å². The molecule has 0 amide bonds. The lowest BCUT2D eigenvalue weighted by molar-refractivity contribution is 0.205. The lowest BCUT2D eigenvalue weighted by atomic mass is 10.0. The predicted molar refractivity (Wildman–Crippen MR) is 75.2 cm³/mol. The third-order valence-electron chi connectivity index (χ3n) is 3.90. The summed E-state index contributed by atoms with van der Waals surface area (Å²) in [6, 6.07) is 6.51. The summed E-state index contributed by atoms with van der Waals surface area (Å²) in [6.45, 7) is 6.70. The first-order valence-corrected chi connectivity index (χ1v) is 7.13. The van der Waals surface area contributed by atoms with E-state index < -0.39 is 0 Å². The normalized spacial score (nSPS) is 24.1. The first-order valence-electron chi connectivity index (χ1n) is 7.13. The van der Waals surface area contributed by atoms with E-state index in [1.54, 1.807) is 0 Å². The number of aromatic nitrogens is 1. The van der Waals surface area contributed by atoms with Crippen molar-refractivity contribution in [2.24, 2.45) is 11.7 Å². The molecule has 3 nitrogen and oxygen atoms in total. The van der Waals surface area contributed by atoms with Gasteiger partial charge in [-0.2, -0.15) is 0 Å². The number of rotatable bonds is 5. The Morgan fingerprint density at radius 1 is 1.50 bits per heavy atom. The summed E-state index contributed by atoms with van der Waals surface area (Å²) in [5.74, 6) is 0.847. The molecule has 18 heavy (non-hydrogen) atoms. The molecular weight excluding hydrogens is 222 g/mol. The van der Waals surface area contributed by atoms with Crippen molar-refractivity contribution < 1.29 is 0 Å². The van der Waals surface area contributed by atoms with Crippen LogP contribution in [0.25, 0.3) is 0 Å². The van der Waals surface area contributed by atoms with Crippen LogP contribution in [0.5, 0.6) is 0 Å². The van der Waals surface area contributed by atoms with E-state index >= 15 is 0 Å². The molecule has 1 aliphatic rings. The molecule has 0 radical (unpaired) electrons. The molecular formula is C15H25N3. The molecule has 1 aliphatic heterocycles. The minimum Gasteiger partial charge on any atom is -0.326 e. The second kappa shape index (κ2) is 6.30. The predicted octanol–water partition coefficient (Wildman–Crippen LogP) is 2.59. The Labute approximate surface area is 110 Å². The van der Waals surface area contributed by atoms with Gasteiger partial charge in [0, 0.05) is 18.8 Å². The molecule has 1 aromatic rings. The fourth-order valence-corrected chi connectivity index (χ4v) is 3.10. The van der Waals surface area contributed by atoms with Crippen LogP contribution in [-0.4, -0.2) is 29.0 Å². The van der Waals surface area contributed by atoms with Crippen molar-refractivity contribution in [3.8, 4) is 0 Å². The molecule has 3 heteroatoms. The second-order valence-electron chi connectivity index (χ2n) is 5.50. The Balaban J connectivity index is 2.08. The highest BCUT2D eigenvalue weighted by Crippen LogP contribution is 2.30. The molecule has 0 bridgehead atoms. The van der Waals surface area contributed by atoms with Gasteiger partial charge in [0.2, 0.25) is 0 Å². The number of nitrogens with two attached hydrogens (primary N) is 1. The molecule has 1 aromatic heterocycles. The maximum atomic E-state index is 6.19. The maximum absolute atomic E-state index is 6.19. The van der Waals surface area contributed by atoms with Gasteiger partial charge in [0.25, 0.3) is 0 Å². The molecule has 2 heterocycles. The third-order valence-corrected chi connectivity index (χ3v) is 3.90. The fraction of sp³-hybridized carbons (Fsp3) is 0.667. The summed E-state index contributed by atoms with van der Waals surface area (Å²) < 4.78 is 0. The Bertz CT molecular complexity index is 350. The summed E-state index contributed by atoms with van der Waals surface area (Å²) >= 11 is 0. The van der Waals surface area contributed by atoms with Crippen molar-refractivity contribution in [2.75, 3.05) is 13.1 Å². The van der Waals surface area contributed by atoms with Crippen molar-refractivity contribution in [2.45, 2.75) is 45.2 Å². The van der Waals surface area contributed by atoms with Gasteiger partial charge in [-0.15, -0.1) is 0 Å². The van der Waals surface area contributed by atoms with Gasteiger partial charge in [-0.1, -0.05) is 19.4 Å². The van der Waals surface area contributed by atoms with E-state index in [0.717, 1.165) is 18.2 Å². The van der Waals surface area contributed by atoms with Crippen molar-refractivity contribution in [3.63, 3.8) is 0 Å². The molecule has 1 fully saturated rings. The quantitative estimate of drug-likeness (QED) is 0.869. The minimum absolute atomic E-state index is 0.125. The summed E-state index contributed by atoms with van der Waals surface area (Å²) in [5, 5.41) is 0. The average Bonchev–Trinajstić information content (AvgIpc) is 2.79. The lowest BCUT2D eigenvalue weighted by Gasteiger charge is -2.30. The van der Waals surface area contributed by atoms with E-state index in [-0.39, 0.29) is 12.1 Å². The minimum atomic E-state index is 0.125. The highest BCUT2D eigenvalue weighted by molar-refractivity contribution is 5.11. The molecule has 3 unspecified atom stereocenters. The zero-order chi connectivity index (χ0) is 13.0. The molecule has 0 saturated carbocycles. The number of likely N-dealkylation sites (tertiary alicyclic amines) is 1. The Hall–Kier alpha value is -0.930. The van der Waals surface area contributed by atoms with E-state index in [4.69, 9.17) is 5.73 Å². The van der Waals surface area contributed by atoms with Crippen LogP contribution >= 0.6 is 0 Å². The van der Waals surface area contributed by atoms with E-state index in [0.29, 0.717) is 0 Å². The van der Waals surface area contributed by atoms with Crippen LogP contribution in [0.15, 0.2) is 24.4 Å². The lowest BCUT2D eigenvalue weighted by Crippen LogP contribution is -2.38. The van der Waals surface area contributed by atoms with Crippen LogP contribution in [0.3, 0.4) is 0 Å². The molecule has 2 rings (SSSR count). The zero-order valence-corrected chi connectivity index (χ0v) is 11.5. The van der Waals surface area contributed by atoms with Crippen LogP contribution in [0.4, 0.5) is 0 Å². The molecule has 1 saturated heterocycles. The standard InChI is InChI=1S/C15H25N3/c1-3-6-13-8-10-18(11-13)15(12(2)16)14-7-4-5-9-17-14/h4-5,7,9,12-13,15H,3,6,8,10-11,16H2,1-2H3.